The minimum Gasteiger partial charge on any atom is -0.483 e. The highest BCUT2D eigenvalue weighted by Crippen LogP contribution is 2.27. The molecule has 0 fully saturated rings. The summed E-state index contributed by atoms with van der Waals surface area (Å²) >= 11 is 1.30. The zero-order valence-corrected chi connectivity index (χ0v) is 21.7. The molecule has 0 aliphatic heterocycles. The summed E-state index contributed by atoms with van der Waals surface area (Å²) in [6.07, 6.45) is 0. The summed E-state index contributed by atoms with van der Waals surface area (Å²) in [5, 5.41) is 14.7. The first-order valence-electron chi connectivity index (χ1n) is 11.6. The SMILES string of the molecule is Cc1ccc(C(C)C)c(OCC(=O)NCc2nnc(SCC(=O)N[C@@H](C)c3ccccc3)n2C)c1. The molecular formula is C26H33N5O3S. The number of carbonyl (C=O) groups excluding carboxylic acids is 2. The number of benzene rings is 2. The van der Waals surface area contributed by atoms with Crippen LogP contribution in [0.25, 0.3) is 0 Å². The fourth-order valence-electron chi connectivity index (χ4n) is 3.48. The Bertz CT molecular complexity index is 1150. The van der Waals surface area contributed by atoms with Gasteiger partial charge >= 0.3 is 0 Å². The Kier molecular flexibility index (Phi) is 9.31. The number of thioether (sulfide) groups is 1. The molecular weight excluding hydrogens is 462 g/mol. The maximum absolute atomic E-state index is 12.4. The van der Waals surface area contributed by atoms with E-state index < -0.39 is 0 Å². The third-order valence-electron chi connectivity index (χ3n) is 5.53. The first kappa shape index (κ1) is 26.3. The molecule has 0 aliphatic carbocycles. The normalized spacial score (nSPS) is 11.8. The largest absolute Gasteiger partial charge is 0.483 e. The number of aryl methyl sites for hydroxylation is 1. The molecule has 0 bridgehead atoms. The second kappa shape index (κ2) is 12.4. The van der Waals surface area contributed by atoms with Crippen molar-refractivity contribution >= 4 is 23.6 Å². The summed E-state index contributed by atoms with van der Waals surface area (Å²) in [7, 11) is 1.81. The average Bonchev–Trinajstić information content (AvgIpc) is 3.19. The number of ether oxygens (including phenoxy) is 1. The lowest BCUT2D eigenvalue weighted by molar-refractivity contribution is -0.123. The lowest BCUT2D eigenvalue weighted by Gasteiger charge is -2.15. The van der Waals surface area contributed by atoms with Crippen molar-refractivity contribution in [2.45, 2.75) is 51.4 Å². The van der Waals surface area contributed by atoms with Crippen LogP contribution in [0.2, 0.25) is 0 Å². The predicted octanol–water partition coefficient (Wildman–Crippen LogP) is 3.91. The molecule has 0 saturated carbocycles. The van der Waals surface area contributed by atoms with E-state index in [0.29, 0.717) is 16.9 Å². The lowest BCUT2D eigenvalue weighted by atomic mass is 10.0. The van der Waals surface area contributed by atoms with E-state index in [1.165, 1.54) is 11.8 Å². The van der Waals surface area contributed by atoms with Crippen molar-refractivity contribution in [2.24, 2.45) is 7.05 Å². The number of rotatable bonds is 11. The van der Waals surface area contributed by atoms with Crippen LogP contribution in [0.3, 0.4) is 0 Å². The Morgan fingerprint density at radius 3 is 2.51 bits per heavy atom. The van der Waals surface area contributed by atoms with Gasteiger partial charge in [0.05, 0.1) is 18.3 Å². The van der Waals surface area contributed by atoms with Crippen molar-refractivity contribution in [3.63, 3.8) is 0 Å². The maximum atomic E-state index is 12.4. The fraction of sp³-hybridized carbons (Fsp3) is 0.385. The maximum Gasteiger partial charge on any atom is 0.258 e. The number of nitrogens with one attached hydrogen (secondary N) is 2. The van der Waals surface area contributed by atoms with Crippen LogP contribution in [0.15, 0.2) is 53.7 Å². The Morgan fingerprint density at radius 2 is 1.80 bits per heavy atom. The van der Waals surface area contributed by atoms with Crippen molar-refractivity contribution in [1.29, 1.82) is 0 Å². The molecule has 8 nitrogen and oxygen atoms in total. The first-order valence-corrected chi connectivity index (χ1v) is 12.6. The summed E-state index contributed by atoms with van der Waals surface area (Å²) in [6, 6.07) is 15.8. The molecule has 3 aromatic rings. The van der Waals surface area contributed by atoms with Gasteiger partial charge in [0.2, 0.25) is 5.91 Å². The monoisotopic (exact) mass is 495 g/mol. The van der Waals surface area contributed by atoms with Gasteiger partial charge in [0, 0.05) is 7.05 Å². The van der Waals surface area contributed by atoms with Crippen molar-refractivity contribution in [2.75, 3.05) is 12.4 Å². The van der Waals surface area contributed by atoms with Crippen LogP contribution in [0.4, 0.5) is 0 Å². The fourth-order valence-corrected chi connectivity index (χ4v) is 4.22. The zero-order chi connectivity index (χ0) is 25.4. The Morgan fingerprint density at radius 1 is 1.06 bits per heavy atom. The standard InChI is InChI=1S/C26H33N5O3S/c1-17(2)21-12-11-18(3)13-22(21)34-15-24(32)27-14-23-29-30-26(31(23)5)35-16-25(33)28-19(4)20-9-7-6-8-10-20/h6-13,17,19H,14-16H2,1-5H3,(H,27,32)(H,28,33)/t19-/m0/s1. The number of hydrogen-bond donors (Lipinski definition) is 2. The van der Waals surface area contributed by atoms with Crippen LogP contribution in [-0.2, 0) is 23.2 Å². The van der Waals surface area contributed by atoms with E-state index in [2.05, 4.69) is 34.7 Å². The van der Waals surface area contributed by atoms with Gasteiger partial charge in [0.1, 0.15) is 5.75 Å². The van der Waals surface area contributed by atoms with E-state index >= 15 is 0 Å². The molecule has 186 valence electrons. The summed E-state index contributed by atoms with van der Waals surface area (Å²) in [5.74, 6) is 1.51. The van der Waals surface area contributed by atoms with Crippen LogP contribution >= 0.6 is 11.8 Å². The molecule has 35 heavy (non-hydrogen) atoms. The number of hydrogen-bond acceptors (Lipinski definition) is 6. The zero-order valence-electron chi connectivity index (χ0n) is 20.9. The van der Waals surface area contributed by atoms with Gasteiger partial charge in [-0.3, -0.25) is 9.59 Å². The number of carbonyl (C=O) groups is 2. The molecule has 0 radical (unpaired) electrons. The Balaban J connectivity index is 1.46. The molecule has 2 N–H and O–H groups in total. The van der Waals surface area contributed by atoms with E-state index in [1.54, 1.807) is 4.57 Å². The molecule has 0 aliphatic rings. The van der Waals surface area contributed by atoms with E-state index in [0.717, 1.165) is 22.4 Å². The van der Waals surface area contributed by atoms with Gasteiger partial charge < -0.3 is 19.9 Å². The van der Waals surface area contributed by atoms with Gasteiger partial charge in [-0.15, -0.1) is 10.2 Å². The van der Waals surface area contributed by atoms with Crippen LogP contribution in [0, 0.1) is 6.92 Å². The summed E-state index contributed by atoms with van der Waals surface area (Å²) < 4.78 is 7.56. The van der Waals surface area contributed by atoms with E-state index in [9.17, 15) is 9.59 Å². The minimum absolute atomic E-state index is 0.0757. The molecule has 1 aromatic heterocycles. The van der Waals surface area contributed by atoms with Crippen LogP contribution in [0.5, 0.6) is 5.75 Å². The summed E-state index contributed by atoms with van der Waals surface area (Å²) in [4.78, 5) is 24.7. The molecule has 0 saturated heterocycles. The van der Waals surface area contributed by atoms with Crippen LogP contribution in [-0.4, -0.2) is 38.9 Å². The highest BCUT2D eigenvalue weighted by Gasteiger charge is 2.15. The second-order valence-electron chi connectivity index (χ2n) is 8.71. The van der Waals surface area contributed by atoms with Gasteiger partial charge in [-0.1, -0.05) is 68.1 Å². The quantitative estimate of drug-likeness (QED) is 0.392. The predicted molar refractivity (Wildman–Crippen MR) is 137 cm³/mol. The van der Waals surface area contributed by atoms with Gasteiger partial charge in [0.25, 0.3) is 5.91 Å². The highest BCUT2D eigenvalue weighted by molar-refractivity contribution is 7.99. The van der Waals surface area contributed by atoms with Crippen molar-refractivity contribution < 1.29 is 14.3 Å². The van der Waals surface area contributed by atoms with Crippen molar-refractivity contribution in [3.8, 4) is 5.75 Å². The number of amides is 2. The Labute approximate surface area is 210 Å². The lowest BCUT2D eigenvalue weighted by Crippen LogP contribution is -2.29. The van der Waals surface area contributed by atoms with E-state index in [-0.39, 0.29) is 36.8 Å². The Hall–Kier alpha value is -3.33. The molecule has 1 heterocycles. The van der Waals surface area contributed by atoms with Gasteiger partial charge in [0.15, 0.2) is 17.6 Å². The van der Waals surface area contributed by atoms with Gasteiger partial charge in [-0.25, -0.2) is 0 Å². The van der Waals surface area contributed by atoms with Crippen molar-refractivity contribution in [1.82, 2.24) is 25.4 Å². The van der Waals surface area contributed by atoms with Crippen LogP contribution in [0.1, 0.15) is 55.2 Å². The topological polar surface area (TPSA) is 98.1 Å². The first-order chi connectivity index (χ1) is 16.7. The smallest absolute Gasteiger partial charge is 0.258 e. The van der Waals surface area contributed by atoms with E-state index in [1.807, 2.05) is 69.4 Å². The molecule has 2 aromatic carbocycles. The minimum atomic E-state index is -0.243. The highest BCUT2D eigenvalue weighted by atomic mass is 32.2. The second-order valence-corrected chi connectivity index (χ2v) is 9.65. The molecule has 3 rings (SSSR count). The average molecular weight is 496 g/mol. The molecule has 0 unspecified atom stereocenters. The summed E-state index contributed by atoms with van der Waals surface area (Å²) in [6.45, 7) is 8.27. The molecule has 0 spiro atoms. The third kappa shape index (κ3) is 7.58. The molecule has 1 atom stereocenters. The molecule has 9 heteroatoms. The van der Waals surface area contributed by atoms with Crippen molar-refractivity contribution in [3.05, 3.63) is 71.0 Å². The van der Waals surface area contributed by atoms with Gasteiger partial charge in [-0.05, 0) is 42.5 Å². The molecule has 2 amide bonds. The number of aromatic nitrogens is 3. The van der Waals surface area contributed by atoms with E-state index in [4.69, 9.17) is 4.74 Å². The van der Waals surface area contributed by atoms with Crippen LogP contribution < -0.4 is 15.4 Å². The third-order valence-corrected chi connectivity index (χ3v) is 6.55. The summed E-state index contributed by atoms with van der Waals surface area (Å²) in [5.41, 5.74) is 3.20. The number of nitrogens with zero attached hydrogens (tertiary/aromatic N) is 3. The van der Waals surface area contributed by atoms with Gasteiger partial charge in [-0.2, -0.15) is 0 Å².